The maximum atomic E-state index is 11.5. The summed E-state index contributed by atoms with van der Waals surface area (Å²) in [4.78, 5) is 11.4. The fourth-order valence-electron chi connectivity index (χ4n) is 2.08. The number of sulfone groups is 1. The zero-order valence-corrected chi connectivity index (χ0v) is 12.5. The lowest BCUT2D eigenvalue weighted by Gasteiger charge is -2.31. The van der Waals surface area contributed by atoms with Gasteiger partial charge in [0.15, 0.2) is 9.84 Å². The SMILES string of the molecule is CC(C)(C)OC(=O)NCCC1(O)CCCS(=O)(=O)C1. The van der Waals surface area contributed by atoms with Crippen LogP contribution in [0.25, 0.3) is 0 Å². The minimum Gasteiger partial charge on any atom is -0.444 e. The van der Waals surface area contributed by atoms with E-state index in [4.69, 9.17) is 4.74 Å². The van der Waals surface area contributed by atoms with Crippen molar-refractivity contribution in [3.8, 4) is 0 Å². The van der Waals surface area contributed by atoms with Gasteiger partial charge in [-0.05, 0) is 40.0 Å². The number of aliphatic hydroxyl groups is 1. The number of ether oxygens (including phenoxy) is 1. The molecular formula is C12H23NO5S. The first-order valence-electron chi connectivity index (χ1n) is 6.41. The summed E-state index contributed by atoms with van der Waals surface area (Å²) in [5.74, 6) is -0.0925. The molecule has 6 nitrogen and oxygen atoms in total. The van der Waals surface area contributed by atoms with Gasteiger partial charge in [0.2, 0.25) is 0 Å². The minimum atomic E-state index is -3.16. The van der Waals surface area contributed by atoms with Crippen LogP contribution in [0.15, 0.2) is 0 Å². The van der Waals surface area contributed by atoms with Gasteiger partial charge in [0, 0.05) is 6.54 Å². The Labute approximate surface area is 114 Å². The first kappa shape index (κ1) is 16.2. The number of alkyl carbamates (subject to hydrolysis) is 1. The molecule has 0 aliphatic carbocycles. The number of rotatable bonds is 3. The van der Waals surface area contributed by atoms with E-state index >= 15 is 0 Å². The lowest BCUT2D eigenvalue weighted by atomic mass is 9.96. The number of carbonyl (C=O) groups excluding carboxylic acids is 1. The monoisotopic (exact) mass is 293 g/mol. The summed E-state index contributed by atoms with van der Waals surface area (Å²) in [6.07, 6.45) is 0.564. The van der Waals surface area contributed by atoms with Crippen molar-refractivity contribution in [2.75, 3.05) is 18.1 Å². The molecule has 0 aromatic rings. The van der Waals surface area contributed by atoms with E-state index in [-0.39, 0.29) is 24.5 Å². The quantitative estimate of drug-likeness (QED) is 0.804. The van der Waals surface area contributed by atoms with Crippen LogP contribution in [0.1, 0.15) is 40.0 Å². The molecule has 1 aliphatic heterocycles. The van der Waals surface area contributed by atoms with Gasteiger partial charge in [0.1, 0.15) is 5.60 Å². The predicted octanol–water partition coefficient (Wildman–Crippen LogP) is 0.841. The van der Waals surface area contributed by atoms with Crippen molar-refractivity contribution in [2.24, 2.45) is 0 Å². The van der Waals surface area contributed by atoms with Gasteiger partial charge in [-0.25, -0.2) is 13.2 Å². The van der Waals surface area contributed by atoms with E-state index in [0.717, 1.165) is 0 Å². The van der Waals surface area contributed by atoms with E-state index < -0.39 is 27.1 Å². The van der Waals surface area contributed by atoms with Crippen molar-refractivity contribution in [1.82, 2.24) is 5.32 Å². The molecule has 1 saturated heterocycles. The molecule has 0 bridgehead atoms. The van der Waals surface area contributed by atoms with Crippen molar-refractivity contribution < 1.29 is 23.1 Å². The second kappa shape index (κ2) is 5.66. The van der Waals surface area contributed by atoms with E-state index in [1.807, 2.05) is 0 Å². The number of hydrogen-bond donors (Lipinski definition) is 2. The molecule has 0 spiro atoms. The van der Waals surface area contributed by atoms with Crippen molar-refractivity contribution in [3.63, 3.8) is 0 Å². The second-order valence-electron chi connectivity index (χ2n) is 6.10. The fraction of sp³-hybridized carbons (Fsp3) is 0.917. The topological polar surface area (TPSA) is 92.7 Å². The average molecular weight is 293 g/mol. The first-order chi connectivity index (χ1) is 8.52. The largest absolute Gasteiger partial charge is 0.444 e. The van der Waals surface area contributed by atoms with Gasteiger partial charge in [-0.15, -0.1) is 0 Å². The van der Waals surface area contributed by atoms with Crippen molar-refractivity contribution in [2.45, 2.75) is 51.2 Å². The molecule has 1 rings (SSSR count). The van der Waals surface area contributed by atoms with Crippen LogP contribution < -0.4 is 5.32 Å². The summed E-state index contributed by atoms with van der Waals surface area (Å²) in [6, 6.07) is 0. The highest BCUT2D eigenvalue weighted by Crippen LogP contribution is 2.25. The Balaban J connectivity index is 2.38. The van der Waals surface area contributed by atoms with Crippen molar-refractivity contribution >= 4 is 15.9 Å². The molecule has 1 atom stereocenters. The average Bonchev–Trinajstić information content (AvgIpc) is 2.11. The van der Waals surface area contributed by atoms with Gasteiger partial charge < -0.3 is 15.2 Å². The summed E-state index contributed by atoms with van der Waals surface area (Å²) >= 11 is 0. The molecule has 1 fully saturated rings. The van der Waals surface area contributed by atoms with Gasteiger partial charge in [0.05, 0.1) is 17.1 Å². The molecule has 1 unspecified atom stereocenters. The van der Waals surface area contributed by atoms with Crippen LogP contribution in [0.4, 0.5) is 4.79 Å². The summed E-state index contributed by atoms with van der Waals surface area (Å²) in [5.41, 5.74) is -1.80. The second-order valence-corrected chi connectivity index (χ2v) is 8.28. The maximum Gasteiger partial charge on any atom is 0.407 e. The van der Waals surface area contributed by atoms with Crippen LogP contribution in [-0.2, 0) is 14.6 Å². The normalized spacial score (nSPS) is 26.7. The third kappa shape index (κ3) is 6.24. The maximum absolute atomic E-state index is 11.5. The molecule has 19 heavy (non-hydrogen) atoms. The smallest absolute Gasteiger partial charge is 0.407 e. The van der Waals surface area contributed by atoms with E-state index in [1.54, 1.807) is 20.8 Å². The molecule has 112 valence electrons. The first-order valence-corrected chi connectivity index (χ1v) is 8.23. The van der Waals surface area contributed by atoms with Gasteiger partial charge in [0.25, 0.3) is 0 Å². The van der Waals surface area contributed by atoms with Crippen molar-refractivity contribution in [1.29, 1.82) is 0 Å². The van der Waals surface area contributed by atoms with Crippen LogP contribution in [0.5, 0.6) is 0 Å². The lowest BCUT2D eigenvalue weighted by Crippen LogP contribution is -2.45. The molecule has 2 N–H and O–H groups in total. The van der Waals surface area contributed by atoms with Crippen molar-refractivity contribution in [3.05, 3.63) is 0 Å². The van der Waals surface area contributed by atoms with Gasteiger partial charge in [-0.3, -0.25) is 0 Å². The minimum absolute atomic E-state index is 0.134. The molecule has 0 radical (unpaired) electrons. The van der Waals surface area contributed by atoms with Crippen LogP contribution in [-0.4, -0.2) is 48.9 Å². The van der Waals surface area contributed by atoms with Gasteiger partial charge in [-0.1, -0.05) is 0 Å². The number of hydrogen-bond acceptors (Lipinski definition) is 5. The van der Waals surface area contributed by atoms with Crippen LogP contribution in [0.2, 0.25) is 0 Å². The Hall–Kier alpha value is -0.820. The summed E-state index contributed by atoms with van der Waals surface area (Å²) in [7, 11) is -3.16. The van der Waals surface area contributed by atoms with E-state index in [1.165, 1.54) is 0 Å². The molecule has 1 heterocycles. The zero-order valence-electron chi connectivity index (χ0n) is 11.7. The zero-order chi connectivity index (χ0) is 14.7. The van der Waals surface area contributed by atoms with Crippen LogP contribution in [0.3, 0.4) is 0 Å². The summed E-state index contributed by atoms with van der Waals surface area (Å²) in [6.45, 7) is 5.47. The number of amides is 1. The van der Waals surface area contributed by atoms with Crippen LogP contribution in [0, 0.1) is 0 Å². The molecule has 7 heteroatoms. The third-order valence-electron chi connectivity index (χ3n) is 2.84. The lowest BCUT2D eigenvalue weighted by molar-refractivity contribution is 0.0353. The Morgan fingerprint density at radius 2 is 2.05 bits per heavy atom. The van der Waals surface area contributed by atoms with Crippen LogP contribution >= 0.6 is 0 Å². The Morgan fingerprint density at radius 1 is 1.42 bits per heavy atom. The molecule has 0 aromatic carbocycles. The highest BCUT2D eigenvalue weighted by molar-refractivity contribution is 7.91. The Morgan fingerprint density at radius 3 is 2.58 bits per heavy atom. The van der Waals surface area contributed by atoms with E-state index in [0.29, 0.717) is 12.8 Å². The Kier molecular flexibility index (Phi) is 4.84. The standard InChI is InChI=1S/C12H23NO5S/c1-11(2,3)18-10(14)13-7-6-12(15)5-4-8-19(16,17)9-12/h15H,4-9H2,1-3H3,(H,13,14). The molecule has 1 aliphatic rings. The van der Waals surface area contributed by atoms with Gasteiger partial charge in [-0.2, -0.15) is 0 Å². The molecule has 0 saturated carbocycles. The molecular weight excluding hydrogens is 270 g/mol. The highest BCUT2D eigenvalue weighted by atomic mass is 32.2. The highest BCUT2D eigenvalue weighted by Gasteiger charge is 2.36. The Bertz CT molecular complexity index is 426. The molecule has 0 aromatic heterocycles. The fourth-order valence-corrected chi connectivity index (χ4v) is 3.92. The predicted molar refractivity (Wildman–Crippen MR) is 71.7 cm³/mol. The van der Waals surface area contributed by atoms with E-state index in [9.17, 15) is 18.3 Å². The third-order valence-corrected chi connectivity index (χ3v) is 4.73. The summed E-state index contributed by atoms with van der Waals surface area (Å²) < 4.78 is 28.0. The summed E-state index contributed by atoms with van der Waals surface area (Å²) in [5, 5.41) is 12.7. The van der Waals surface area contributed by atoms with E-state index in [2.05, 4.69) is 5.32 Å². The number of carbonyl (C=O) groups is 1. The molecule has 1 amide bonds. The van der Waals surface area contributed by atoms with Gasteiger partial charge >= 0.3 is 6.09 Å². The number of nitrogens with one attached hydrogen (secondary N) is 1.